The van der Waals surface area contributed by atoms with Crippen LogP contribution in [0.15, 0.2) is 17.8 Å². The Bertz CT molecular complexity index is 523. The van der Waals surface area contributed by atoms with Gasteiger partial charge in [0.1, 0.15) is 30.1 Å². The van der Waals surface area contributed by atoms with Crippen molar-refractivity contribution in [2.75, 3.05) is 0 Å². The first kappa shape index (κ1) is 57.3. The van der Waals surface area contributed by atoms with Crippen molar-refractivity contribution in [2.45, 2.75) is 35.1 Å². The molecule has 0 aliphatic rings. The number of aryl methyl sites for hydroxylation is 3. The summed E-state index contributed by atoms with van der Waals surface area (Å²) in [5.41, 5.74) is 4.92. The number of hydrogen-bond acceptors (Lipinski definition) is 7. The van der Waals surface area contributed by atoms with Crippen LogP contribution in [-0.2, 0) is 159 Å². The van der Waals surface area contributed by atoms with Crippen molar-refractivity contribution in [3.8, 4) is 6.07 Å². The molecule has 0 saturated carbocycles. The molecule has 150 valence electrons. The molecule has 0 aromatic carbocycles. The predicted octanol–water partition coefficient (Wildman–Crippen LogP) is 1.08. The number of H-pyrrole nitrogens is 1. The average molecular weight is 865 g/mol. The first-order valence-corrected chi connectivity index (χ1v) is 5.82. The van der Waals surface area contributed by atoms with Crippen LogP contribution in [0.3, 0.4) is 0 Å². The minimum Gasteiger partial charge on any atom is -0.386 e. The fourth-order valence-corrected chi connectivity index (χ4v) is 0.714. The van der Waals surface area contributed by atoms with E-state index in [2.05, 4.69) is 36.2 Å². The number of hydrazone groups is 1. The van der Waals surface area contributed by atoms with Crippen molar-refractivity contribution in [1.29, 1.82) is 5.26 Å². The van der Waals surface area contributed by atoms with Gasteiger partial charge in [0, 0.05) is 166 Å². The van der Waals surface area contributed by atoms with Crippen LogP contribution in [0.2, 0.25) is 0 Å². The fourth-order valence-electron chi connectivity index (χ4n) is 0.714. The summed E-state index contributed by atoms with van der Waals surface area (Å²) < 4.78 is 1.68. The Balaban J connectivity index is -0.0000000233. The maximum Gasteiger partial charge on any atom is 0.147 e. The molecule has 0 spiro atoms. The quantitative estimate of drug-likeness (QED) is 0.118. The Morgan fingerprint density at radius 3 is 1.68 bits per heavy atom. The Kier molecular flexibility index (Phi) is 88.1. The van der Waals surface area contributed by atoms with Gasteiger partial charge in [0.15, 0.2) is 0 Å². The summed E-state index contributed by atoms with van der Waals surface area (Å²) in [5.74, 6) is 6.72. The van der Waals surface area contributed by atoms with Crippen molar-refractivity contribution in [1.82, 2.24) is 29.9 Å². The predicted molar refractivity (Wildman–Crippen MR) is 92.8 cm³/mol. The SMILES string of the molecule is C.C/C(N)=N/N.CC#N.Cc1ncn(C)n1.Cc1ncn[nH]1.[CH3-].[W].[Y].[Y].[Y].[Y]. The van der Waals surface area contributed by atoms with E-state index in [1.165, 1.54) is 13.3 Å². The summed E-state index contributed by atoms with van der Waals surface area (Å²) in [4.78, 5) is 7.62. The Morgan fingerprint density at radius 1 is 1.21 bits per heavy atom. The van der Waals surface area contributed by atoms with E-state index in [1.54, 1.807) is 24.0 Å². The second kappa shape index (κ2) is 43.1. The van der Waals surface area contributed by atoms with Gasteiger partial charge < -0.3 is 19.0 Å². The minimum atomic E-state index is 0. The molecule has 0 amide bonds. The third kappa shape index (κ3) is 51.1. The van der Waals surface area contributed by atoms with Gasteiger partial charge in [-0.1, -0.05) is 7.43 Å². The Labute approximate surface area is 284 Å². The number of aromatic nitrogens is 6. The van der Waals surface area contributed by atoms with E-state index >= 15 is 0 Å². The third-order valence-electron chi connectivity index (χ3n) is 1.45. The molecular weight excluding hydrogens is 836 g/mol. The molecule has 4 radical (unpaired) electrons. The van der Waals surface area contributed by atoms with Gasteiger partial charge in [0.25, 0.3) is 0 Å². The van der Waals surface area contributed by atoms with Crippen molar-refractivity contribution in [3.05, 3.63) is 31.7 Å². The molecule has 2 heterocycles. The largest absolute Gasteiger partial charge is 0.386 e. The normalized spacial score (nSPS) is 6.64. The second-order valence-electron chi connectivity index (χ2n) is 3.53. The zero-order valence-electron chi connectivity index (χ0n) is 16.7. The van der Waals surface area contributed by atoms with Crippen molar-refractivity contribution in [3.63, 3.8) is 0 Å². The van der Waals surface area contributed by atoms with Crippen LogP contribution in [0, 0.1) is 32.6 Å². The first-order chi connectivity index (χ1) is 9.87. The molecule has 5 N–H and O–H groups in total. The number of nitrogens with zero attached hydrogens (tertiary/aromatic N) is 7. The molecule has 2 rings (SSSR count). The molecule has 0 unspecified atom stereocenters. The molecule has 10 nitrogen and oxygen atoms in total. The van der Waals surface area contributed by atoms with E-state index in [1.807, 2.05) is 20.9 Å². The first-order valence-electron chi connectivity index (χ1n) is 5.82. The molecule has 2 aromatic heterocycles. The minimum absolute atomic E-state index is 0. The van der Waals surface area contributed by atoms with Crippen LogP contribution < -0.4 is 11.6 Å². The van der Waals surface area contributed by atoms with E-state index in [9.17, 15) is 0 Å². The summed E-state index contributed by atoms with van der Waals surface area (Å²) in [6.45, 7) is 6.77. The number of rotatable bonds is 0. The van der Waals surface area contributed by atoms with Crippen LogP contribution in [0.5, 0.6) is 0 Å². The molecule has 0 aliphatic carbocycles. The van der Waals surface area contributed by atoms with Gasteiger partial charge in [-0.3, -0.25) is 9.78 Å². The van der Waals surface area contributed by atoms with E-state index in [0.717, 1.165) is 11.6 Å². The molecule has 0 bridgehead atoms. The van der Waals surface area contributed by atoms with Crippen molar-refractivity contribution < 1.29 is 152 Å². The number of nitrogens with one attached hydrogen (secondary N) is 1. The summed E-state index contributed by atoms with van der Waals surface area (Å²) >= 11 is 0. The summed E-state index contributed by atoms with van der Waals surface area (Å²) in [7, 11) is 1.85. The topological polar surface area (TPSA) is 160 Å². The zero-order chi connectivity index (χ0) is 16.7. The van der Waals surface area contributed by atoms with E-state index < -0.39 is 0 Å². The zero-order valence-corrected chi connectivity index (χ0v) is 30.9. The molecule has 15 heteroatoms. The van der Waals surface area contributed by atoms with Gasteiger partial charge in [-0.15, -0.1) is 0 Å². The third-order valence-corrected chi connectivity index (χ3v) is 1.45. The van der Waals surface area contributed by atoms with Crippen LogP contribution in [0.4, 0.5) is 0 Å². The molecule has 0 fully saturated rings. The van der Waals surface area contributed by atoms with Gasteiger partial charge in [-0.05, 0) is 20.8 Å². The van der Waals surface area contributed by atoms with Gasteiger partial charge in [0.05, 0.1) is 6.07 Å². The Morgan fingerprint density at radius 2 is 1.61 bits per heavy atom. The van der Waals surface area contributed by atoms with E-state index in [4.69, 9.17) is 11.0 Å². The maximum atomic E-state index is 7.32. The number of nitriles is 1. The smallest absolute Gasteiger partial charge is 0.147 e. The maximum absolute atomic E-state index is 7.32. The second-order valence-corrected chi connectivity index (χ2v) is 3.53. The van der Waals surface area contributed by atoms with Gasteiger partial charge >= 0.3 is 0 Å². The van der Waals surface area contributed by atoms with E-state index in [-0.39, 0.29) is 167 Å². The summed E-state index contributed by atoms with van der Waals surface area (Å²) in [6, 6.07) is 1.75. The molecule has 0 aliphatic heterocycles. The summed E-state index contributed by atoms with van der Waals surface area (Å²) in [5, 5.41) is 20.5. The number of hydrogen-bond donors (Lipinski definition) is 3. The van der Waals surface area contributed by atoms with Crippen LogP contribution >= 0.6 is 0 Å². The van der Waals surface area contributed by atoms with E-state index in [0.29, 0.717) is 5.84 Å². The van der Waals surface area contributed by atoms with Gasteiger partial charge in [-0.25, -0.2) is 9.97 Å². The molecule has 2 aromatic rings. The van der Waals surface area contributed by atoms with Gasteiger partial charge in [-0.2, -0.15) is 20.6 Å². The Hall–Kier alpha value is 2.14. The van der Waals surface area contributed by atoms with Crippen LogP contribution in [0.25, 0.3) is 0 Å². The molecular formula is C13H29N10WY4-. The fraction of sp³-hybridized carbons (Fsp3) is 0.462. The number of amidine groups is 1. The van der Waals surface area contributed by atoms with Gasteiger partial charge in [0.2, 0.25) is 0 Å². The average Bonchev–Trinajstić information content (AvgIpc) is 3.03. The number of aromatic amines is 1. The van der Waals surface area contributed by atoms with Crippen LogP contribution in [0.1, 0.15) is 32.9 Å². The standard InChI is InChI=1S/C4H7N3.C3H5N3.C2H7N3.C2H3N.CH4.CH3.W.4Y/c1-4-5-3-7(2)6-4;1-3-4-2-5-6-3;1-2(3)5-4;1-2-3;;;;;;;/h3H,1-2H3;2H,1H3,(H,4,5,6);4H2,1H3,(H2,3,5);1H3;1H4;1H3;;;;;/q;;;;;-1;;;;;. The van der Waals surface area contributed by atoms with Crippen LogP contribution in [-0.4, -0.2) is 35.8 Å². The molecule has 0 saturated heterocycles. The molecule has 0 atom stereocenters. The summed E-state index contributed by atoms with van der Waals surface area (Å²) in [6.07, 6.45) is 3.16. The number of nitrogens with two attached hydrogens (primary N) is 2. The molecule has 28 heavy (non-hydrogen) atoms. The van der Waals surface area contributed by atoms with Crippen molar-refractivity contribution >= 4 is 5.84 Å². The monoisotopic (exact) mass is 865 g/mol. The van der Waals surface area contributed by atoms with Crippen molar-refractivity contribution in [2.24, 2.45) is 23.7 Å².